The number of hydrogen-bond donors (Lipinski definition) is 3. The molecule has 3 heterocycles. The van der Waals surface area contributed by atoms with E-state index in [0.29, 0.717) is 28.1 Å². The van der Waals surface area contributed by atoms with Crippen LogP contribution in [0.2, 0.25) is 0 Å². The Morgan fingerprint density at radius 3 is 2.56 bits per heavy atom. The van der Waals surface area contributed by atoms with E-state index in [9.17, 15) is 9.59 Å². The molecule has 27 heavy (non-hydrogen) atoms. The van der Waals surface area contributed by atoms with Crippen molar-refractivity contribution in [2.75, 3.05) is 10.6 Å². The molecular formula is C20H15N5O2. The number of benzene rings is 1. The quantitative estimate of drug-likeness (QED) is 0.483. The number of anilines is 2. The Hall–Kier alpha value is -4.00. The van der Waals surface area contributed by atoms with E-state index in [1.807, 2.05) is 6.07 Å². The summed E-state index contributed by atoms with van der Waals surface area (Å²) >= 11 is 0. The summed E-state index contributed by atoms with van der Waals surface area (Å²) in [4.78, 5) is 36.1. The van der Waals surface area contributed by atoms with Gasteiger partial charge in [-0.25, -0.2) is 9.78 Å². The number of pyridine rings is 2. The van der Waals surface area contributed by atoms with E-state index >= 15 is 0 Å². The van der Waals surface area contributed by atoms with Gasteiger partial charge in [0.2, 0.25) is 0 Å². The molecule has 4 rings (SSSR count). The lowest BCUT2D eigenvalue weighted by Gasteiger charge is -2.08. The first-order valence-corrected chi connectivity index (χ1v) is 8.25. The third-order valence-electron chi connectivity index (χ3n) is 4.02. The van der Waals surface area contributed by atoms with E-state index in [4.69, 9.17) is 0 Å². The molecule has 132 valence electrons. The number of rotatable bonds is 4. The Bertz CT molecular complexity index is 1120. The van der Waals surface area contributed by atoms with Crippen LogP contribution in [0, 0.1) is 0 Å². The maximum absolute atomic E-state index is 12.9. The van der Waals surface area contributed by atoms with Crippen molar-refractivity contribution < 1.29 is 9.59 Å². The molecule has 0 spiro atoms. The SMILES string of the molecule is O=C(Nc1ccncc1)Nc1cccc(C(=O)c2c[nH]c3ncccc23)c1. The van der Waals surface area contributed by atoms with Crippen LogP contribution in [0.15, 0.2) is 73.3 Å². The fourth-order valence-corrected chi connectivity index (χ4v) is 2.77. The lowest BCUT2D eigenvalue weighted by atomic mass is 10.0. The summed E-state index contributed by atoms with van der Waals surface area (Å²) in [5, 5.41) is 6.19. The van der Waals surface area contributed by atoms with E-state index in [1.165, 1.54) is 0 Å². The smallest absolute Gasteiger partial charge is 0.323 e. The second-order valence-corrected chi connectivity index (χ2v) is 5.83. The molecule has 0 aliphatic carbocycles. The third-order valence-corrected chi connectivity index (χ3v) is 4.02. The van der Waals surface area contributed by atoms with E-state index in [2.05, 4.69) is 25.6 Å². The molecular weight excluding hydrogens is 342 g/mol. The number of hydrogen-bond acceptors (Lipinski definition) is 4. The third kappa shape index (κ3) is 3.52. The number of aromatic nitrogens is 3. The highest BCUT2D eigenvalue weighted by atomic mass is 16.2. The summed E-state index contributed by atoms with van der Waals surface area (Å²) in [5.41, 5.74) is 2.82. The van der Waals surface area contributed by atoms with Crippen LogP contribution < -0.4 is 10.6 Å². The second-order valence-electron chi connectivity index (χ2n) is 5.83. The lowest BCUT2D eigenvalue weighted by molar-refractivity contribution is 0.104. The molecule has 2 amide bonds. The summed E-state index contributed by atoms with van der Waals surface area (Å²) in [6.07, 6.45) is 6.49. The monoisotopic (exact) mass is 357 g/mol. The van der Waals surface area contributed by atoms with Crippen molar-refractivity contribution in [2.24, 2.45) is 0 Å². The van der Waals surface area contributed by atoms with E-state index in [1.54, 1.807) is 67.3 Å². The number of urea groups is 1. The van der Waals surface area contributed by atoms with Crippen LogP contribution in [0.4, 0.5) is 16.2 Å². The van der Waals surface area contributed by atoms with Crippen LogP contribution in [-0.4, -0.2) is 26.8 Å². The van der Waals surface area contributed by atoms with Crippen molar-refractivity contribution in [1.82, 2.24) is 15.0 Å². The lowest BCUT2D eigenvalue weighted by Crippen LogP contribution is -2.19. The Labute approximate surface area is 154 Å². The molecule has 0 saturated heterocycles. The van der Waals surface area contributed by atoms with Gasteiger partial charge in [-0.2, -0.15) is 0 Å². The van der Waals surface area contributed by atoms with Crippen LogP contribution in [0.5, 0.6) is 0 Å². The minimum absolute atomic E-state index is 0.146. The number of aromatic amines is 1. The first-order chi connectivity index (χ1) is 13.2. The van der Waals surface area contributed by atoms with Gasteiger partial charge < -0.3 is 15.6 Å². The van der Waals surface area contributed by atoms with Crippen LogP contribution in [0.3, 0.4) is 0 Å². The highest BCUT2D eigenvalue weighted by Gasteiger charge is 2.15. The fourth-order valence-electron chi connectivity index (χ4n) is 2.77. The molecule has 3 N–H and O–H groups in total. The number of nitrogens with one attached hydrogen (secondary N) is 3. The average Bonchev–Trinajstić information content (AvgIpc) is 3.12. The van der Waals surface area contributed by atoms with Gasteiger partial charge in [-0.3, -0.25) is 9.78 Å². The van der Waals surface area contributed by atoms with Gasteiger partial charge in [0.05, 0.1) is 0 Å². The molecule has 0 atom stereocenters. The molecule has 0 fully saturated rings. The molecule has 0 bridgehead atoms. The van der Waals surface area contributed by atoms with E-state index < -0.39 is 6.03 Å². The number of fused-ring (bicyclic) bond motifs is 1. The standard InChI is InChI=1S/C20H15N5O2/c26-18(17-12-23-19-16(17)5-2-8-22-19)13-3-1-4-15(11-13)25-20(27)24-14-6-9-21-10-7-14/h1-12H,(H,22,23)(H2,21,24,25,27). The number of carbonyl (C=O) groups excluding carboxylic acids is 2. The van der Waals surface area contributed by atoms with Gasteiger partial charge in [-0.05, 0) is 36.4 Å². The summed E-state index contributed by atoms with van der Waals surface area (Å²) < 4.78 is 0. The number of ketones is 1. The van der Waals surface area contributed by atoms with Gasteiger partial charge in [-0.1, -0.05) is 12.1 Å². The summed E-state index contributed by atoms with van der Waals surface area (Å²) in [6.45, 7) is 0. The van der Waals surface area contributed by atoms with Crippen molar-refractivity contribution in [1.29, 1.82) is 0 Å². The molecule has 1 aromatic carbocycles. The summed E-state index contributed by atoms with van der Waals surface area (Å²) in [5.74, 6) is -0.146. The van der Waals surface area contributed by atoms with Crippen molar-refractivity contribution in [3.8, 4) is 0 Å². The molecule has 0 unspecified atom stereocenters. The zero-order chi connectivity index (χ0) is 18.6. The zero-order valence-electron chi connectivity index (χ0n) is 14.1. The fraction of sp³-hybridized carbons (Fsp3) is 0. The van der Waals surface area contributed by atoms with E-state index in [-0.39, 0.29) is 5.78 Å². The number of amides is 2. The minimum atomic E-state index is -0.401. The molecule has 4 aromatic rings. The van der Waals surface area contributed by atoms with Crippen LogP contribution >= 0.6 is 0 Å². The maximum atomic E-state index is 12.9. The normalized spacial score (nSPS) is 10.5. The largest absolute Gasteiger partial charge is 0.345 e. The van der Waals surface area contributed by atoms with Crippen LogP contribution in [0.25, 0.3) is 11.0 Å². The molecule has 0 aliphatic rings. The van der Waals surface area contributed by atoms with Crippen molar-refractivity contribution >= 4 is 34.2 Å². The molecule has 7 nitrogen and oxygen atoms in total. The van der Waals surface area contributed by atoms with Crippen LogP contribution in [-0.2, 0) is 0 Å². The summed E-state index contributed by atoms with van der Waals surface area (Å²) in [6, 6.07) is 13.4. The Balaban J connectivity index is 1.53. The van der Waals surface area contributed by atoms with Gasteiger partial charge in [0.25, 0.3) is 0 Å². The topological polar surface area (TPSA) is 99.8 Å². The zero-order valence-corrected chi connectivity index (χ0v) is 14.1. The highest BCUT2D eigenvalue weighted by Crippen LogP contribution is 2.21. The Morgan fingerprint density at radius 2 is 1.70 bits per heavy atom. The van der Waals surface area contributed by atoms with Gasteiger partial charge in [0, 0.05) is 52.7 Å². The number of nitrogens with zero attached hydrogens (tertiary/aromatic N) is 2. The number of carbonyl (C=O) groups is 2. The van der Waals surface area contributed by atoms with Crippen molar-refractivity contribution in [2.45, 2.75) is 0 Å². The molecule has 7 heteroatoms. The van der Waals surface area contributed by atoms with Gasteiger partial charge in [-0.15, -0.1) is 0 Å². The summed E-state index contributed by atoms with van der Waals surface area (Å²) in [7, 11) is 0. The van der Waals surface area contributed by atoms with E-state index in [0.717, 1.165) is 5.39 Å². The average molecular weight is 357 g/mol. The van der Waals surface area contributed by atoms with Crippen molar-refractivity contribution in [3.05, 3.63) is 84.4 Å². The molecule has 0 radical (unpaired) electrons. The molecule has 0 saturated carbocycles. The van der Waals surface area contributed by atoms with Crippen molar-refractivity contribution in [3.63, 3.8) is 0 Å². The predicted molar refractivity (Wildman–Crippen MR) is 103 cm³/mol. The Morgan fingerprint density at radius 1 is 0.889 bits per heavy atom. The van der Waals surface area contributed by atoms with Gasteiger partial charge in [0.1, 0.15) is 5.65 Å². The first kappa shape index (κ1) is 16.5. The predicted octanol–water partition coefficient (Wildman–Crippen LogP) is 3.83. The van der Waals surface area contributed by atoms with Gasteiger partial charge in [0.15, 0.2) is 5.78 Å². The highest BCUT2D eigenvalue weighted by molar-refractivity contribution is 6.16. The minimum Gasteiger partial charge on any atom is -0.345 e. The maximum Gasteiger partial charge on any atom is 0.323 e. The Kier molecular flexibility index (Phi) is 4.32. The second kappa shape index (κ2) is 7.09. The van der Waals surface area contributed by atoms with Gasteiger partial charge >= 0.3 is 6.03 Å². The number of H-pyrrole nitrogens is 1. The molecule has 3 aromatic heterocycles. The molecule has 0 aliphatic heterocycles. The first-order valence-electron chi connectivity index (χ1n) is 8.25. The van der Waals surface area contributed by atoms with Crippen LogP contribution in [0.1, 0.15) is 15.9 Å².